The third kappa shape index (κ3) is 3.95. The molecular formula is C18H20O6. The van der Waals surface area contributed by atoms with Gasteiger partial charge >= 0.3 is 11.6 Å². The summed E-state index contributed by atoms with van der Waals surface area (Å²) < 4.78 is 21.2. The van der Waals surface area contributed by atoms with Crippen molar-refractivity contribution < 1.29 is 23.4 Å². The Kier molecular flexibility index (Phi) is 6.01. The molecule has 2 rings (SSSR count). The number of esters is 1. The number of methoxy groups -OCH3 is 1. The van der Waals surface area contributed by atoms with E-state index in [1.807, 2.05) is 19.1 Å². The van der Waals surface area contributed by atoms with Crippen molar-refractivity contribution >= 4 is 16.9 Å². The molecule has 0 N–H and O–H groups in total. The summed E-state index contributed by atoms with van der Waals surface area (Å²) in [7, 11) is 1.37. The van der Waals surface area contributed by atoms with Crippen LogP contribution < -0.4 is 19.8 Å². The van der Waals surface area contributed by atoms with Crippen LogP contribution in [0.25, 0.3) is 11.0 Å². The fraction of sp³-hybridized carbons (Fsp3) is 0.333. The Balaban J connectivity index is 2.47. The van der Waals surface area contributed by atoms with Gasteiger partial charge in [-0.3, -0.25) is 4.79 Å². The number of allylic oxidation sites excluding steroid dienone is 1. The largest absolute Gasteiger partial charge is 0.488 e. The number of ether oxygens (including phenoxy) is 3. The number of para-hydroxylation sites is 1. The van der Waals surface area contributed by atoms with Gasteiger partial charge in [0.2, 0.25) is 5.75 Å². The molecule has 6 nitrogen and oxygen atoms in total. The first-order valence-electron chi connectivity index (χ1n) is 7.68. The van der Waals surface area contributed by atoms with Gasteiger partial charge in [-0.05, 0) is 25.0 Å². The molecule has 1 aromatic heterocycles. The summed E-state index contributed by atoms with van der Waals surface area (Å²) in [6.07, 6.45) is 5.69. The highest BCUT2D eigenvalue weighted by atomic mass is 16.5. The lowest BCUT2D eigenvalue weighted by molar-refractivity contribution is -0.131. The van der Waals surface area contributed by atoms with Crippen LogP contribution in [-0.4, -0.2) is 19.7 Å². The van der Waals surface area contributed by atoms with E-state index >= 15 is 0 Å². The second kappa shape index (κ2) is 8.19. The molecule has 0 atom stereocenters. The summed E-state index contributed by atoms with van der Waals surface area (Å²) in [6.45, 7) is 3.70. The molecule has 2 aromatic rings. The fourth-order valence-corrected chi connectivity index (χ4v) is 2.22. The second-order valence-electron chi connectivity index (χ2n) is 5.00. The molecule has 0 amide bonds. The van der Waals surface area contributed by atoms with Crippen LogP contribution in [-0.2, 0) is 4.79 Å². The SMILES string of the molecule is CCC=CCCOc1c(OC)c(=O)oc2c(OC(C)=O)cccc12. The first kappa shape index (κ1) is 17.6. The molecule has 128 valence electrons. The van der Waals surface area contributed by atoms with Gasteiger partial charge in [-0.1, -0.05) is 25.1 Å². The number of carbonyl (C=O) groups excluding carboxylic acids is 1. The molecular weight excluding hydrogens is 312 g/mol. The van der Waals surface area contributed by atoms with Crippen LogP contribution in [0.15, 0.2) is 39.6 Å². The van der Waals surface area contributed by atoms with E-state index in [-0.39, 0.29) is 22.8 Å². The van der Waals surface area contributed by atoms with E-state index in [4.69, 9.17) is 18.6 Å². The predicted octanol–water partition coefficient (Wildman–Crippen LogP) is 3.46. The highest BCUT2D eigenvalue weighted by molar-refractivity contribution is 5.91. The average molecular weight is 332 g/mol. The molecule has 0 aliphatic rings. The third-order valence-electron chi connectivity index (χ3n) is 3.20. The molecule has 0 bridgehead atoms. The molecule has 0 unspecified atom stereocenters. The van der Waals surface area contributed by atoms with E-state index in [2.05, 4.69) is 0 Å². The van der Waals surface area contributed by atoms with Crippen molar-refractivity contribution in [3.8, 4) is 17.2 Å². The minimum absolute atomic E-state index is 0.0121. The van der Waals surface area contributed by atoms with E-state index in [0.29, 0.717) is 18.4 Å². The molecule has 24 heavy (non-hydrogen) atoms. The Labute approximate surface area is 139 Å². The van der Waals surface area contributed by atoms with Crippen molar-refractivity contribution in [1.82, 2.24) is 0 Å². The smallest absolute Gasteiger partial charge is 0.383 e. The van der Waals surface area contributed by atoms with E-state index in [0.717, 1.165) is 6.42 Å². The van der Waals surface area contributed by atoms with E-state index in [1.165, 1.54) is 14.0 Å². The Bertz CT molecular complexity index is 803. The molecule has 0 saturated carbocycles. The maximum Gasteiger partial charge on any atom is 0.383 e. The van der Waals surface area contributed by atoms with Gasteiger partial charge in [-0.2, -0.15) is 0 Å². The van der Waals surface area contributed by atoms with Crippen LogP contribution in [0.4, 0.5) is 0 Å². The lowest BCUT2D eigenvalue weighted by Crippen LogP contribution is -2.09. The first-order valence-corrected chi connectivity index (χ1v) is 7.68. The molecule has 0 saturated heterocycles. The van der Waals surface area contributed by atoms with Crippen LogP contribution >= 0.6 is 0 Å². The van der Waals surface area contributed by atoms with Crippen LogP contribution in [0.2, 0.25) is 0 Å². The number of carbonyl (C=O) groups is 1. The van der Waals surface area contributed by atoms with Crippen LogP contribution in [0, 0.1) is 0 Å². The van der Waals surface area contributed by atoms with Crippen molar-refractivity contribution in [2.75, 3.05) is 13.7 Å². The maximum absolute atomic E-state index is 12.1. The lowest BCUT2D eigenvalue weighted by Gasteiger charge is -2.12. The first-order chi connectivity index (χ1) is 11.6. The maximum atomic E-state index is 12.1. The highest BCUT2D eigenvalue weighted by Crippen LogP contribution is 2.36. The zero-order valence-electron chi connectivity index (χ0n) is 14.0. The number of rotatable bonds is 7. The Morgan fingerprint density at radius 2 is 2.04 bits per heavy atom. The van der Waals surface area contributed by atoms with Gasteiger partial charge < -0.3 is 18.6 Å². The fourth-order valence-electron chi connectivity index (χ4n) is 2.22. The zero-order valence-corrected chi connectivity index (χ0v) is 14.0. The van der Waals surface area contributed by atoms with E-state index < -0.39 is 11.6 Å². The quantitative estimate of drug-likeness (QED) is 0.254. The van der Waals surface area contributed by atoms with Crippen LogP contribution in [0.1, 0.15) is 26.7 Å². The minimum Gasteiger partial charge on any atom is -0.488 e. The predicted molar refractivity (Wildman–Crippen MR) is 89.9 cm³/mol. The standard InChI is InChI=1S/C18H20O6/c1-4-5-6-7-11-22-16-13-9-8-10-14(23-12(2)19)15(13)24-18(20)17(16)21-3/h5-6,8-10H,4,7,11H2,1-3H3. The molecule has 0 fully saturated rings. The summed E-state index contributed by atoms with van der Waals surface area (Å²) in [6, 6.07) is 4.95. The van der Waals surface area contributed by atoms with Crippen LogP contribution in [0.3, 0.4) is 0 Å². The van der Waals surface area contributed by atoms with Crippen molar-refractivity contribution in [2.45, 2.75) is 26.7 Å². The van der Waals surface area contributed by atoms with Crippen molar-refractivity contribution in [1.29, 1.82) is 0 Å². The Hall–Kier alpha value is -2.76. The van der Waals surface area contributed by atoms with E-state index in [9.17, 15) is 9.59 Å². The van der Waals surface area contributed by atoms with Crippen molar-refractivity contribution in [2.24, 2.45) is 0 Å². The third-order valence-corrected chi connectivity index (χ3v) is 3.20. The van der Waals surface area contributed by atoms with Gasteiger partial charge in [-0.25, -0.2) is 4.79 Å². The van der Waals surface area contributed by atoms with Gasteiger partial charge in [0, 0.05) is 6.92 Å². The van der Waals surface area contributed by atoms with E-state index in [1.54, 1.807) is 18.2 Å². The molecule has 1 aromatic carbocycles. The number of hydrogen-bond acceptors (Lipinski definition) is 6. The highest BCUT2D eigenvalue weighted by Gasteiger charge is 2.19. The van der Waals surface area contributed by atoms with Gasteiger partial charge in [0.25, 0.3) is 0 Å². The number of fused-ring (bicyclic) bond motifs is 1. The summed E-state index contributed by atoms with van der Waals surface area (Å²) in [5.41, 5.74) is -0.540. The molecule has 0 aliphatic carbocycles. The Morgan fingerprint density at radius 1 is 1.25 bits per heavy atom. The second-order valence-corrected chi connectivity index (χ2v) is 5.00. The number of hydrogen-bond donors (Lipinski definition) is 0. The number of benzene rings is 1. The van der Waals surface area contributed by atoms with Gasteiger partial charge in [0.05, 0.1) is 19.1 Å². The van der Waals surface area contributed by atoms with Crippen molar-refractivity contribution in [3.05, 3.63) is 40.8 Å². The minimum atomic E-state index is -0.691. The topological polar surface area (TPSA) is 75.0 Å². The monoisotopic (exact) mass is 332 g/mol. The van der Waals surface area contributed by atoms with Gasteiger partial charge in [-0.15, -0.1) is 0 Å². The molecule has 1 heterocycles. The summed E-state index contributed by atoms with van der Waals surface area (Å²) in [4.78, 5) is 23.3. The average Bonchev–Trinajstić information content (AvgIpc) is 2.54. The summed E-state index contributed by atoms with van der Waals surface area (Å²) >= 11 is 0. The lowest BCUT2D eigenvalue weighted by atomic mass is 10.2. The molecule has 0 spiro atoms. The molecule has 6 heteroatoms. The van der Waals surface area contributed by atoms with Gasteiger partial charge in [0.1, 0.15) is 0 Å². The van der Waals surface area contributed by atoms with Gasteiger partial charge in [0.15, 0.2) is 17.1 Å². The van der Waals surface area contributed by atoms with Crippen LogP contribution in [0.5, 0.6) is 17.2 Å². The van der Waals surface area contributed by atoms with Crippen molar-refractivity contribution in [3.63, 3.8) is 0 Å². The zero-order chi connectivity index (χ0) is 17.5. The summed E-state index contributed by atoms with van der Waals surface area (Å²) in [5, 5.41) is 0.504. The summed E-state index contributed by atoms with van der Waals surface area (Å²) in [5.74, 6) is -0.0757. The molecule has 0 aliphatic heterocycles. The normalized spacial score (nSPS) is 11.0. The molecule has 0 radical (unpaired) electrons. The Morgan fingerprint density at radius 3 is 2.71 bits per heavy atom.